The van der Waals surface area contributed by atoms with Gasteiger partial charge >= 0.3 is 5.97 Å². The molecule has 2 aromatic carbocycles. The van der Waals surface area contributed by atoms with Crippen molar-refractivity contribution in [3.8, 4) is 40.3 Å². The maximum Gasteiger partial charge on any atom is 0.341 e. The van der Waals surface area contributed by atoms with Crippen molar-refractivity contribution in [2.45, 2.75) is 0 Å². The molecule has 4 rings (SSSR count). The SMILES string of the molecule is COc1ccc(Nc2c(-c3ccc(OCC(=O)O)c(OC)c3)[nH]c3c(C#N)cnn23)cc1OC. The lowest BCUT2D eigenvalue weighted by molar-refractivity contribution is -0.139. The number of benzene rings is 2. The van der Waals surface area contributed by atoms with E-state index >= 15 is 0 Å². The second kappa shape index (κ2) is 9.33. The Balaban J connectivity index is 1.81. The number of imidazole rings is 1. The molecule has 0 saturated heterocycles. The van der Waals surface area contributed by atoms with Crippen LogP contribution in [0.4, 0.5) is 11.5 Å². The van der Waals surface area contributed by atoms with Gasteiger partial charge in [0.1, 0.15) is 11.6 Å². The van der Waals surface area contributed by atoms with E-state index in [9.17, 15) is 10.1 Å². The average molecular weight is 463 g/mol. The maximum absolute atomic E-state index is 10.9. The van der Waals surface area contributed by atoms with E-state index in [0.717, 1.165) is 0 Å². The van der Waals surface area contributed by atoms with Gasteiger partial charge in [0.15, 0.2) is 41.1 Å². The smallest absolute Gasteiger partial charge is 0.341 e. The van der Waals surface area contributed by atoms with E-state index in [1.165, 1.54) is 13.3 Å². The molecule has 0 radical (unpaired) electrons. The van der Waals surface area contributed by atoms with Crippen molar-refractivity contribution in [1.82, 2.24) is 14.6 Å². The normalized spacial score (nSPS) is 10.5. The zero-order valence-corrected chi connectivity index (χ0v) is 18.6. The number of nitriles is 1. The maximum atomic E-state index is 10.9. The van der Waals surface area contributed by atoms with Crippen molar-refractivity contribution in [1.29, 1.82) is 5.26 Å². The van der Waals surface area contributed by atoms with E-state index < -0.39 is 12.6 Å². The van der Waals surface area contributed by atoms with E-state index in [0.29, 0.717) is 51.2 Å². The Hall–Kier alpha value is -4.85. The van der Waals surface area contributed by atoms with Crippen LogP contribution in [0.1, 0.15) is 5.56 Å². The zero-order valence-electron chi connectivity index (χ0n) is 18.6. The summed E-state index contributed by atoms with van der Waals surface area (Å²) in [6.07, 6.45) is 1.47. The van der Waals surface area contributed by atoms with Gasteiger partial charge in [-0.05, 0) is 30.3 Å². The van der Waals surface area contributed by atoms with Crippen molar-refractivity contribution >= 4 is 23.1 Å². The number of aliphatic carboxylic acids is 1. The number of methoxy groups -OCH3 is 3. The molecule has 174 valence electrons. The summed E-state index contributed by atoms with van der Waals surface area (Å²) in [5.74, 6) is 1.23. The molecule has 0 aliphatic heterocycles. The van der Waals surface area contributed by atoms with Crippen molar-refractivity contribution in [3.63, 3.8) is 0 Å². The number of carboxylic acids is 1. The first-order valence-electron chi connectivity index (χ1n) is 10.0. The van der Waals surface area contributed by atoms with Crippen molar-refractivity contribution < 1.29 is 28.8 Å². The number of carbonyl (C=O) groups is 1. The summed E-state index contributed by atoms with van der Waals surface area (Å²) in [5, 5.41) is 26.0. The third kappa shape index (κ3) is 4.12. The van der Waals surface area contributed by atoms with Gasteiger partial charge in [-0.3, -0.25) is 0 Å². The van der Waals surface area contributed by atoms with Gasteiger partial charge in [-0.15, -0.1) is 0 Å². The minimum Gasteiger partial charge on any atom is -0.493 e. The van der Waals surface area contributed by atoms with Crippen LogP contribution in [-0.4, -0.2) is 53.6 Å². The Labute approximate surface area is 194 Å². The number of anilines is 2. The van der Waals surface area contributed by atoms with Crippen LogP contribution in [0.5, 0.6) is 23.0 Å². The minimum absolute atomic E-state index is 0.289. The van der Waals surface area contributed by atoms with E-state index in [-0.39, 0.29) is 5.75 Å². The molecule has 0 aliphatic carbocycles. The lowest BCUT2D eigenvalue weighted by Crippen LogP contribution is -2.10. The molecular formula is C23H21N5O6. The van der Waals surface area contributed by atoms with Crippen molar-refractivity contribution in [2.75, 3.05) is 33.3 Å². The molecule has 0 saturated carbocycles. The lowest BCUT2D eigenvalue weighted by Gasteiger charge is -2.13. The highest BCUT2D eigenvalue weighted by Gasteiger charge is 2.20. The van der Waals surface area contributed by atoms with Crippen LogP contribution >= 0.6 is 0 Å². The third-order valence-corrected chi connectivity index (χ3v) is 5.03. The van der Waals surface area contributed by atoms with Gasteiger partial charge in [0.05, 0.1) is 33.2 Å². The molecule has 0 amide bonds. The standard InChI is InChI=1S/C23H21N5O6/c1-31-16-7-5-15(9-19(16)33-3)26-23-21(27-22-14(10-24)11-25-28(22)23)13-4-6-17(18(8-13)32-2)34-12-20(29)30/h4-9,11,26-27H,12H2,1-3H3,(H,29,30). The minimum atomic E-state index is -1.10. The molecule has 0 fully saturated rings. The average Bonchev–Trinajstić information content (AvgIpc) is 3.42. The highest BCUT2D eigenvalue weighted by Crippen LogP contribution is 2.38. The number of H-pyrrole nitrogens is 1. The number of fused-ring (bicyclic) bond motifs is 1. The largest absolute Gasteiger partial charge is 0.493 e. The first kappa shape index (κ1) is 22.3. The lowest BCUT2D eigenvalue weighted by atomic mass is 10.1. The zero-order chi connectivity index (χ0) is 24.2. The summed E-state index contributed by atoms with van der Waals surface area (Å²) < 4.78 is 23.0. The van der Waals surface area contributed by atoms with Gasteiger partial charge in [0.2, 0.25) is 0 Å². The fourth-order valence-electron chi connectivity index (χ4n) is 3.46. The van der Waals surface area contributed by atoms with Crippen LogP contribution in [0.25, 0.3) is 16.9 Å². The summed E-state index contributed by atoms with van der Waals surface area (Å²) in [6.45, 7) is -0.496. The van der Waals surface area contributed by atoms with Gasteiger partial charge in [-0.25, -0.2) is 4.79 Å². The first-order valence-corrected chi connectivity index (χ1v) is 10.0. The first-order chi connectivity index (χ1) is 16.5. The fourth-order valence-corrected chi connectivity index (χ4v) is 3.46. The second-order valence-corrected chi connectivity index (χ2v) is 7.02. The monoisotopic (exact) mass is 463 g/mol. The Bertz CT molecular complexity index is 1400. The molecule has 11 nitrogen and oxygen atoms in total. The van der Waals surface area contributed by atoms with Crippen molar-refractivity contribution in [3.05, 3.63) is 48.2 Å². The van der Waals surface area contributed by atoms with E-state index in [1.807, 2.05) is 6.07 Å². The summed E-state index contributed by atoms with van der Waals surface area (Å²) in [7, 11) is 4.57. The summed E-state index contributed by atoms with van der Waals surface area (Å²) >= 11 is 0. The number of aromatic nitrogens is 3. The molecule has 3 N–H and O–H groups in total. The Kier molecular flexibility index (Phi) is 6.13. The molecule has 2 heterocycles. The predicted octanol–water partition coefficient (Wildman–Crippen LogP) is 3.43. The molecule has 34 heavy (non-hydrogen) atoms. The number of rotatable bonds is 9. The van der Waals surface area contributed by atoms with Gasteiger partial charge in [-0.2, -0.15) is 14.9 Å². The summed E-state index contributed by atoms with van der Waals surface area (Å²) in [4.78, 5) is 14.1. The Morgan fingerprint density at radius 3 is 2.47 bits per heavy atom. The van der Waals surface area contributed by atoms with Gasteiger partial charge in [0.25, 0.3) is 0 Å². The molecular weight excluding hydrogens is 442 g/mol. The number of carboxylic acid groups (broad SMARTS) is 1. The molecule has 11 heteroatoms. The van der Waals surface area contributed by atoms with Crippen LogP contribution < -0.4 is 24.3 Å². The molecule has 0 unspecified atom stereocenters. The van der Waals surface area contributed by atoms with Crippen LogP contribution in [-0.2, 0) is 4.79 Å². The van der Waals surface area contributed by atoms with Gasteiger partial charge in [0, 0.05) is 17.3 Å². The van der Waals surface area contributed by atoms with Crippen LogP contribution in [0.2, 0.25) is 0 Å². The topological polar surface area (TPSA) is 143 Å². The predicted molar refractivity (Wildman–Crippen MR) is 122 cm³/mol. The fraction of sp³-hybridized carbons (Fsp3) is 0.174. The number of nitrogens with one attached hydrogen (secondary N) is 2. The van der Waals surface area contributed by atoms with Crippen LogP contribution in [0, 0.1) is 11.3 Å². The van der Waals surface area contributed by atoms with E-state index in [4.69, 9.17) is 24.1 Å². The van der Waals surface area contributed by atoms with Crippen molar-refractivity contribution in [2.24, 2.45) is 0 Å². The van der Waals surface area contributed by atoms with Gasteiger partial charge < -0.3 is 34.4 Å². The van der Waals surface area contributed by atoms with Crippen LogP contribution in [0.15, 0.2) is 42.6 Å². The third-order valence-electron chi connectivity index (χ3n) is 5.03. The molecule has 0 atom stereocenters. The molecule has 0 aliphatic rings. The summed E-state index contributed by atoms with van der Waals surface area (Å²) in [6, 6.07) is 12.6. The molecule has 0 spiro atoms. The highest BCUT2D eigenvalue weighted by molar-refractivity contribution is 5.82. The number of nitrogens with zero attached hydrogens (tertiary/aromatic N) is 3. The quantitative estimate of drug-likeness (QED) is 0.340. The number of hydrogen-bond donors (Lipinski definition) is 3. The van der Waals surface area contributed by atoms with E-state index in [2.05, 4.69) is 21.5 Å². The Morgan fingerprint density at radius 1 is 1.09 bits per heavy atom. The van der Waals surface area contributed by atoms with Gasteiger partial charge in [-0.1, -0.05) is 0 Å². The summed E-state index contributed by atoms with van der Waals surface area (Å²) in [5.41, 5.74) is 2.89. The number of ether oxygens (including phenoxy) is 4. The highest BCUT2D eigenvalue weighted by atomic mass is 16.5. The van der Waals surface area contributed by atoms with E-state index in [1.54, 1.807) is 49.1 Å². The van der Waals surface area contributed by atoms with Crippen LogP contribution in [0.3, 0.4) is 0 Å². The second-order valence-electron chi connectivity index (χ2n) is 7.02. The molecule has 0 bridgehead atoms. The number of aromatic amines is 1. The molecule has 2 aromatic heterocycles. The Morgan fingerprint density at radius 2 is 1.79 bits per heavy atom. The number of hydrogen-bond acceptors (Lipinski definition) is 8. The molecule has 4 aromatic rings.